The van der Waals surface area contributed by atoms with Crippen LogP contribution in [0.4, 0.5) is 11.4 Å². The first kappa shape index (κ1) is 10.8. The van der Waals surface area contributed by atoms with Crippen molar-refractivity contribution in [2.75, 3.05) is 16.7 Å². The number of hydrogen-bond acceptors (Lipinski definition) is 3. The van der Waals surface area contributed by atoms with E-state index in [-0.39, 0.29) is 0 Å². The third-order valence-electron chi connectivity index (χ3n) is 1.81. The molecule has 0 saturated carbocycles. The Morgan fingerprint density at radius 2 is 2.07 bits per heavy atom. The number of benzene rings is 1. The maximum absolute atomic E-state index is 11.0. The predicted molar refractivity (Wildman–Crippen MR) is 58.7 cm³/mol. The van der Waals surface area contributed by atoms with Crippen LogP contribution in [-0.2, 0) is 16.4 Å². The molecule has 3 N–H and O–H groups in total. The highest BCUT2D eigenvalue weighted by molar-refractivity contribution is 7.92. The zero-order valence-electron chi connectivity index (χ0n) is 8.24. The SMILES string of the molecule is CCc1ccc(N)cc1NS(C)(=O)=O. The van der Waals surface area contributed by atoms with E-state index < -0.39 is 10.0 Å². The second kappa shape index (κ2) is 3.88. The smallest absolute Gasteiger partial charge is 0.229 e. The van der Waals surface area contributed by atoms with Gasteiger partial charge in [-0.15, -0.1) is 0 Å². The average molecular weight is 214 g/mol. The van der Waals surface area contributed by atoms with E-state index in [1.165, 1.54) is 0 Å². The van der Waals surface area contributed by atoms with Crippen LogP contribution in [0.1, 0.15) is 12.5 Å². The van der Waals surface area contributed by atoms with E-state index in [4.69, 9.17) is 5.73 Å². The number of nitrogens with two attached hydrogens (primary N) is 1. The molecule has 0 unspecified atom stereocenters. The van der Waals surface area contributed by atoms with Gasteiger partial charge in [0.05, 0.1) is 11.9 Å². The fourth-order valence-electron chi connectivity index (χ4n) is 1.20. The molecule has 5 heteroatoms. The van der Waals surface area contributed by atoms with Crippen molar-refractivity contribution in [2.45, 2.75) is 13.3 Å². The summed E-state index contributed by atoms with van der Waals surface area (Å²) < 4.78 is 24.5. The molecule has 1 rings (SSSR count). The van der Waals surface area contributed by atoms with Gasteiger partial charge in [0.2, 0.25) is 10.0 Å². The summed E-state index contributed by atoms with van der Waals surface area (Å²) in [7, 11) is -3.23. The van der Waals surface area contributed by atoms with Crippen molar-refractivity contribution in [2.24, 2.45) is 0 Å². The summed E-state index contributed by atoms with van der Waals surface area (Å²) in [4.78, 5) is 0. The Morgan fingerprint density at radius 1 is 1.43 bits per heavy atom. The lowest BCUT2D eigenvalue weighted by Crippen LogP contribution is -2.11. The topological polar surface area (TPSA) is 72.2 Å². The van der Waals surface area contributed by atoms with Crippen LogP contribution in [0.2, 0.25) is 0 Å². The molecular weight excluding hydrogens is 200 g/mol. The molecule has 0 spiro atoms. The van der Waals surface area contributed by atoms with E-state index in [9.17, 15) is 8.42 Å². The number of anilines is 2. The molecule has 0 radical (unpaired) electrons. The molecule has 1 aromatic carbocycles. The number of rotatable bonds is 3. The summed E-state index contributed by atoms with van der Waals surface area (Å²) in [6.07, 6.45) is 1.88. The first-order chi connectivity index (χ1) is 6.42. The molecule has 0 atom stereocenters. The molecule has 0 heterocycles. The quantitative estimate of drug-likeness (QED) is 0.743. The van der Waals surface area contributed by atoms with Gasteiger partial charge < -0.3 is 5.73 Å². The number of nitrogens with one attached hydrogen (secondary N) is 1. The van der Waals surface area contributed by atoms with Crippen LogP contribution < -0.4 is 10.5 Å². The molecule has 14 heavy (non-hydrogen) atoms. The van der Waals surface area contributed by atoms with Crippen LogP contribution in [0.15, 0.2) is 18.2 Å². The maximum atomic E-state index is 11.0. The molecule has 0 amide bonds. The summed E-state index contributed by atoms with van der Waals surface area (Å²) in [6.45, 7) is 1.96. The Balaban J connectivity index is 3.11. The summed E-state index contributed by atoms with van der Waals surface area (Å²) >= 11 is 0. The lowest BCUT2D eigenvalue weighted by atomic mass is 10.1. The summed E-state index contributed by atoms with van der Waals surface area (Å²) in [5.41, 5.74) is 7.62. The molecule has 0 bridgehead atoms. The lowest BCUT2D eigenvalue weighted by Gasteiger charge is -2.09. The maximum Gasteiger partial charge on any atom is 0.229 e. The van der Waals surface area contributed by atoms with Gasteiger partial charge in [0.15, 0.2) is 0 Å². The van der Waals surface area contributed by atoms with Crippen molar-refractivity contribution in [1.29, 1.82) is 0 Å². The first-order valence-corrected chi connectivity index (χ1v) is 6.17. The molecule has 0 fully saturated rings. The van der Waals surface area contributed by atoms with Crippen molar-refractivity contribution in [3.8, 4) is 0 Å². The highest BCUT2D eigenvalue weighted by Gasteiger charge is 2.06. The second-order valence-electron chi connectivity index (χ2n) is 3.14. The van der Waals surface area contributed by atoms with Crippen molar-refractivity contribution < 1.29 is 8.42 Å². The zero-order chi connectivity index (χ0) is 10.8. The van der Waals surface area contributed by atoms with Crippen LogP contribution in [-0.4, -0.2) is 14.7 Å². The number of nitrogen functional groups attached to an aromatic ring is 1. The largest absolute Gasteiger partial charge is 0.399 e. The van der Waals surface area contributed by atoms with E-state index in [0.717, 1.165) is 18.2 Å². The highest BCUT2D eigenvalue weighted by atomic mass is 32.2. The minimum absolute atomic E-state index is 0.549. The Hall–Kier alpha value is -1.23. The van der Waals surface area contributed by atoms with Gasteiger partial charge in [-0.3, -0.25) is 4.72 Å². The normalized spacial score (nSPS) is 11.3. The Bertz CT molecular complexity index is 426. The number of hydrogen-bond donors (Lipinski definition) is 2. The highest BCUT2D eigenvalue weighted by Crippen LogP contribution is 2.20. The van der Waals surface area contributed by atoms with Gasteiger partial charge in [-0.05, 0) is 24.1 Å². The molecule has 78 valence electrons. The molecule has 4 nitrogen and oxygen atoms in total. The van der Waals surface area contributed by atoms with Gasteiger partial charge in [0, 0.05) is 5.69 Å². The predicted octanol–water partition coefficient (Wildman–Crippen LogP) is 1.20. The minimum atomic E-state index is -3.23. The Morgan fingerprint density at radius 3 is 2.57 bits per heavy atom. The Labute approximate surface area is 84.2 Å². The Kier molecular flexibility index (Phi) is 3.00. The fraction of sp³-hybridized carbons (Fsp3) is 0.333. The van der Waals surface area contributed by atoms with E-state index in [2.05, 4.69) is 4.72 Å². The molecule has 0 aliphatic carbocycles. The van der Waals surface area contributed by atoms with Crippen LogP contribution in [0.5, 0.6) is 0 Å². The van der Waals surface area contributed by atoms with Crippen LogP contribution in [0.25, 0.3) is 0 Å². The van der Waals surface area contributed by atoms with E-state index in [1.54, 1.807) is 12.1 Å². The first-order valence-electron chi connectivity index (χ1n) is 4.28. The second-order valence-corrected chi connectivity index (χ2v) is 4.89. The van der Waals surface area contributed by atoms with E-state index >= 15 is 0 Å². The third-order valence-corrected chi connectivity index (χ3v) is 2.40. The average Bonchev–Trinajstić information content (AvgIpc) is 2.01. The lowest BCUT2D eigenvalue weighted by molar-refractivity contribution is 0.606. The van der Waals surface area contributed by atoms with Gasteiger partial charge in [0.1, 0.15) is 0 Å². The van der Waals surface area contributed by atoms with Crippen LogP contribution in [0.3, 0.4) is 0 Å². The van der Waals surface area contributed by atoms with Crippen LogP contribution >= 0.6 is 0 Å². The molecule has 0 aliphatic heterocycles. The monoisotopic (exact) mass is 214 g/mol. The molecule has 1 aromatic rings. The summed E-state index contributed by atoms with van der Waals surface area (Å²) in [5.74, 6) is 0. The molecule has 0 aromatic heterocycles. The van der Waals surface area contributed by atoms with E-state index in [0.29, 0.717) is 11.4 Å². The van der Waals surface area contributed by atoms with Crippen molar-refractivity contribution in [1.82, 2.24) is 0 Å². The fourth-order valence-corrected chi connectivity index (χ4v) is 1.79. The van der Waals surface area contributed by atoms with Gasteiger partial charge in [-0.1, -0.05) is 13.0 Å². The number of aryl methyl sites for hydroxylation is 1. The van der Waals surface area contributed by atoms with Crippen molar-refractivity contribution >= 4 is 21.4 Å². The third kappa shape index (κ3) is 2.92. The molecule has 0 saturated heterocycles. The van der Waals surface area contributed by atoms with Gasteiger partial charge in [0.25, 0.3) is 0 Å². The standard InChI is InChI=1S/C9H14N2O2S/c1-3-7-4-5-8(10)6-9(7)11-14(2,12)13/h4-6,11H,3,10H2,1-2H3. The van der Waals surface area contributed by atoms with Gasteiger partial charge >= 0.3 is 0 Å². The zero-order valence-corrected chi connectivity index (χ0v) is 9.06. The van der Waals surface area contributed by atoms with Crippen molar-refractivity contribution in [3.63, 3.8) is 0 Å². The van der Waals surface area contributed by atoms with Gasteiger partial charge in [-0.25, -0.2) is 8.42 Å². The van der Waals surface area contributed by atoms with Crippen LogP contribution in [0, 0.1) is 0 Å². The summed E-state index contributed by atoms with van der Waals surface area (Å²) in [5, 5.41) is 0. The van der Waals surface area contributed by atoms with Gasteiger partial charge in [-0.2, -0.15) is 0 Å². The van der Waals surface area contributed by atoms with E-state index in [1.807, 2.05) is 13.0 Å². The molecule has 0 aliphatic rings. The minimum Gasteiger partial charge on any atom is -0.399 e. The van der Waals surface area contributed by atoms with Crippen molar-refractivity contribution in [3.05, 3.63) is 23.8 Å². The summed E-state index contributed by atoms with van der Waals surface area (Å²) in [6, 6.07) is 5.20. The molecular formula is C9H14N2O2S. The number of sulfonamides is 1.